The molecular weight excluding hydrogens is 188 g/mol. The predicted molar refractivity (Wildman–Crippen MR) is 63.0 cm³/mol. The van der Waals surface area contributed by atoms with Crippen molar-refractivity contribution < 1.29 is 9.47 Å². The molecule has 2 nitrogen and oxygen atoms in total. The number of hydrogen-bond acceptors (Lipinski definition) is 2. The molecule has 15 heavy (non-hydrogen) atoms. The van der Waals surface area contributed by atoms with Crippen molar-refractivity contribution in [2.75, 3.05) is 20.8 Å². The van der Waals surface area contributed by atoms with Crippen LogP contribution in [0.1, 0.15) is 46.0 Å². The van der Waals surface area contributed by atoms with Gasteiger partial charge in [-0.05, 0) is 30.6 Å². The molecule has 2 unspecified atom stereocenters. The Kier molecular flexibility index (Phi) is 5.07. The highest BCUT2D eigenvalue weighted by molar-refractivity contribution is 4.87. The zero-order chi connectivity index (χ0) is 11.3. The number of ether oxygens (including phenoxy) is 2. The zero-order valence-corrected chi connectivity index (χ0v) is 10.7. The maximum absolute atomic E-state index is 5.65. The van der Waals surface area contributed by atoms with Gasteiger partial charge in [-0.2, -0.15) is 0 Å². The molecule has 0 spiro atoms. The first-order chi connectivity index (χ1) is 7.11. The maximum atomic E-state index is 5.65. The van der Waals surface area contributed by atoms with Gasteiger partial charge in [0.15, 0.2) is 0 Å². The Balaban J connectivity index is 2.56. The van der Waals surface area contributed by atoms with E-state index < -0.39 is 0 Å². The molecule has 0 aromatic heterocycles. The van der Waals surface area contributed by atoms with E-state index in [1.807, 2.05) is 7.11 Å². The smallest absolute Gasteiger partial charge is 0.0626 e. The average molecular weight is 214 g/mol. The first kappa shape index (κ1) is 13.0. The van der Waals surface area contributed by atoms with Crippen LogP contribution in [0.2, 0.25) is 0 Å². The van der Waals surface area contributed by atoms with Crippen LogP contribution in [-0.2, 0) is 9.47 Å². The summed E-state index contributed by atoms with van der Waals surface area (Å²) in [6, 6.07) is 0. The molecule has 90 valence electrons. The number of rotatable bonds is 5. The molecule has 0 amide bonds. The molecule has 0 aliphatic heterocycles. The van der Waals surface area contributed by atoms with Crippen LogP contribution in [0, 0.1) is 11.3 Å². The van der Waals surface area contributed by atoms with Gasteiger partial charge >= 0.3 is 0 Å². The summed E-state index contributed by atoms with van der Waals surface area (Å²) in [5, 5.41) is 0. The summed E-state index contributed by atoms with van der Waals surface area (Å²) in [7, 11) is 3.60. The second-order valence-corrected chi connectivity index (χ2v) is 5.40. The highest BCUT2D eigenvalue weighted by atomic mass is 16.5. The molecule has 0 saturated heterocycles. The van der Waals surface area contributed by atoms with E-state index in [4.69, 9.17) is 9.47 Å². The molecule has 1 aliphatic carbocycles. The topological polar surface area (TPSA) is 18.5 Å². The van der Waals surface area contributed by atoms with Crippen LogP contribution in [0.4, 0.5) is 0 Å². The van der Waals surface area contributed by atoms with Gasteiger partial charge in [-0.3, -0.25) is 0 Å². The Morgan fingerprint density at radius 2 is 2.00 bits per heavy atom. The van der Waals surface area contributed by atoms with Gasteiger partial charge in [-0.1, -0.05) is 26.7 Å². The van der Waals surface area contributed by atoms with Gasteiger partial charge in [-0.25, -0.2) is 0 Å². The van der Waals surface area contributed by atoms with Crippen molar-refractivity contribution in [2.45, 2.75) is 52.1 Å². The lowest BCUT2D eigenvalue weighted by molar-refractivity contribution is -0.0371. The summed E-state index contributed by atoms with van der Waals surface area (Å²) in [6.07, 6.45) is 6.80. The van der Waals surface area contributed by atoms with Crippen LogP contribution in [0.5, 0.6) is 0 Å². The molecule has 0 bridgehead atoms. The first-order valence-corrected chi connectivity index (χ1v) is 6.13. The molecule has 0 N–H and O–H groups in total. The normalized spacial score (nSPS) is 27.6. The van der Waals surface area contributed by atoms with Crippen LogP contribution in [0.3, 0.4) is 0 Å². The largest absolute Gasteiger partial charge is 0.385 e. The van der Waals surface area contributed by atoms with E-state index in [-0.39, 0.29) is 0 Å². The van der Waals surface area contributed by atoms with Gasteiger partial charge < -0.3 is 9.47 Å². The average Bonchev–Trinajstić information content (AvgIpc) is 2.20. The molecule has 2 heteroatoms. The monoisotopic (exact) mass is 214 g/mol. The molecule has 0 aromatic rings. The third-order valence-electron chi connectivity index (χ3n) is 3.95. The first-order valence-electron chi connectivity index (χ1n) is 6.13. The molecule has 1 aliphatic rings. The van der Waals surface area contributed by atoms with Crippen LogP contribution in [0.25, 0.3) is 0 Å². The van der Waals surface area contributed by atoms with Gasteiger partial charge in [-0.15, -0.1) is 0 Å². The van der Waals surface area contributed by atoms with Crippen molar-refractivity contribution in [2.24, 2.45) is 11.3 Å². The van der Waals surface area contributed by atoms with Gasteiger partial charge in [0.05, 0.1) is 6.10 Å². The standard InChI is InChI=1S/C13H26O2/c1-13(2)9-6-5-7-11(13)12(15-4)8-10-14-3/h11-12H,5-10H2,1-4H3. The second-order valence-electron chi connectivity index (χ2n) is 5.40. The van der Waals surface area contributed by atoms with Gasteiger partial charge in [0.25, 0.3) is 0 Å². The quantitative estimate of drug-likeness (QED) is 0.699. The zero-order valence-electron chi connectivity index (χ0n) is 10.7. The van der Waals surface area contributed by atoms with E-state index in [2.05, 4.69) is 13.8 Å². The molecule has 0 heterocycles. The van der Waals surface area contributed by atoms with Crippen molar-refractivity contribution in [1.29, 1.82) is 0 Å². The lowest BCUT2D eigenvalue weighted by Crippen LogP contribution is -2.38. The van der Waals surface area contributed by atoms with Crippen molar-refractivity contribution in [3.05, 3.63) is 0 Å². The summed E-state index contributed by atoms with van der Waals surface area (Å²) in [5.41, 5.74) is 0.437. The van der Waals surface area contributed by atoms with Crippen LogP contribution >= 0.6 is 0 Å². The fourth-order valence-electron chi connectivity index (χ4n) is 2.93. The van der Waals surface area contributed by atoms with Crippen LogP contribution in [0.15, 0.2) is 0 Å². The fourth-order valence-corrected chi connectivity index (χ4v) is 2.93. The van der Waals surface area contributed by atoms with Gasteiger partial charge in [0.1, 0.15) is 0 Å². The van der Waals surface area contributed by atoms with E-state index in [0.29, 0.717) is 17.4 Å². The minimum Gasteiger partial charge on any atom is -0.385 e. The highest BCUT2D eigenvalue weighted by Crippen LogP contribution is 2.43. The molecule has 1 fully saturated rings. The molecule has 2 atom stereocenters. The van der Waals surface area contributed by atoms with E-state index in [1.54, 1.807) is 7.11 Å². The molecule has 0 aromatic carbocycles. The predicted octanol–water partition coefficient (Wildman–Crippen LogP) is 3.25. The highest BCUT2D eigenvalue weighted by Gasteiger charge is 2.37. The number of hydrogen-bond donors (Lipinski definition) is 0. The minimum absolute atomic E-state index is 0.375. The summed E-state index contributed by atoms with van der Waals surface area (Å²) >= 11 is 0. The Morgan fingerprint density at radius 3 is 2.53 bits per heavy atom. The van der Waals surface area contributed by atoms with E-state index in [1.165, 1.54) is 25.7 Å². The Labute approximate surface area is 94.3 Å². The van der Waals surface area contributed by atoms with Crippen molar-refractivity contribution in [3.63, 3.8) is 0 Å². The van der Waals surface area contributed by atoms with Crippen molar-refractivity contribution in [1.82, 2.24) is 0 Å². The number of methoxy groups -OCH3 is 2. The van der Waals surface area contributed by atoms with Gasteiger partial charge in [0, 0.05) is 20.8 Å². The minimum atomic E-state index is 0.375. The molecule has 0 radical (unpaired) electrons. The van der Waals surface area contributed by atoms with Crippen LogP contribution in [-0.4, -0.2) is 26.9 Å². The van der Waals surface area contributed by atoms with Gasteiger partial charge in [0.2, 0.25) is 0 Å². The summed E-state index contributed by atoms with van der Waals surface area (Å²) in [5.74, 6) is 0.700. The van der Waals surface area contributed by atoms with E-state index in [9.17, 15) is 0 Å². The third-order valence-corrected chi connectivity index (χ3v) is 3.95. The Morgan fingerprint density at radius 1 is 1.27 bits per heavy atom. The summed E-state index contributed by atoms with van der Waals surface area (Å²) in [4.78, 5) is 0. The molecule has 1 saturated carbocycles. The molecule has 1 rings (SSSR count). The lowest BCUT2D eigenvalue weighted by Gasteiger charge is -2.42. The second kappa shape index (κ2) is 5.86. The fraction of sp³-hybridized carbons (Fsp3) is 1.00. The summed E-state index contributed by atoms with van der Waals surface area (Å²) < 4.78 is 10.8. The Hall–Kier alpha value is -0.0800. The molecular formula is C13H26O2. The SMILES string of the molecule is COCCC(OC)C1CCCCC1(C)C. The Bertz CT molecular complexity index is 177. The van der Waals surface area contributed by atoms with E-state index >= 15 is 0 Å². The third kappa shape index (κ3) is 3.46. The van der Waals surface area contributed by atoms with Crippen LogP contribution < -0.4 is 0 Å². The lowest BCUT2D eigenvalue weighted by atomic mass is 9.66. The maximum Gasteiger partial charge on any atom is 0.0626 e. The van der Waals surface area contributed by atoms with E-state index in [0.717, 1.165) is 13.0 Å². The summed E-state index contributed by atoms with van der Waals surface area (Å²) in [6.45, 7) is 5.58. The van der Waals surface area contributed by atoms with Crippen molar-refractivity contribution in [3.8, 4) is 0 Å². The van der Waals surface area contributed by atoms with Crippen molar-refractivity contribution >= 4 is 0 Å².